The van der Waals surface area contributed by atoms with Crippen LogP contribution in [0.25, 0.3) is 10.9 Å². The van der Waals surface area contributed by atoms with Crippen LogP contribution in [0.15, 0.2) is 59.7 Å². The second-order valence-corrected chi connectivity index (χ2v) is 7.81. The van der Waals surface area contributed by atoms with E-state index in [0.29, 0.717) is 16.8 Å². The smallest absolute Gasteiger partial charge is 0.261 e. The monoisotopic (exact) mass is 377 g/mol. The maximum absolute atomic E-state index is 12.7. The van der Waals surface area contributed by atoms with Gasteiger partial charge in [0.15, 0.2) is 0 Å². The van der Waals surface area contributed by atoms with Crippen molar-refractivity contribution < 1.29 is 4.79 Å². The summed E-state index contributed by atoms with van der Waals surface area (Å²) in [7, 11) is 0. The second kappa shape index (κ2) is 8.38. The van der Waals surface area contributed by atoms with Gasteiger partial charge in [-0.1, -0.05) is 64.1 Å². The third-order valence-electron chi connectivity index (χ3n) is 4.99. The first-order valence-electron chi connectivity index (χ1n) is 9.70. The molecule has 0 aliphatic carbocycles. The molecule has 28 heavy (non-hydrogen) atoms. The van der Waals surface area contributed by atoms with E-state index in [9.17, 15) is 9.59 Å². The summed E-state index contributed by atoms with van der Waals surface area (Å²) in [5.74, 6) is 0.486. The number of amides is 1. The van der Waals surface area contributed by atoms with E-state index >= 15 is 0 Å². The molecule has 0 aliphatic heterocycles. The minimum Gasteiger partial charge on any atom is -0.347 e. The first-order chi connectivity index (χ1) is 13.4. The molecule has 1 unspecified atom stereocenters. The second-order valence-electron chi connectivity index (χ2n) is 7.81. The van der Waals surface area contributed by atoms with Crippen LogP contribution in [0.4, 0.5) is 0 Å². The van der Waals surface area contributed by atoms with Gasteiger partial charge in [0, 0.05) is 0 Å². The van der Waals surface area contributed by atoms with Crippen LogP contribution >= 0.6 is 0 Å². The molecule has 5 heteroatoms. The standard InChI is InChI=1S/C23H27N3O2/c1-15(2)17-9-11-18(12-10-17)22(16(3)4)25-21(27)13-26-14-24-20-8-6-5-7-19(20)23(26)28/h5-12,14-16,22H,13H2,1-4H3,(H,25,27). The molecule has 146 valence electrons. The first kappa shape index (κ1) is 19.8. The molecule has 1 heterocycles. The van der Waals surface area contributed by atoms with Gasteiger partial charge in [-0.3, -0.25) is 14.2 Å². The maximum Gasteiger partial charge on any atom is 0.261 e. The molecule has 0 bridgehead atoms. The molecule has 3 aromatic rings. The van der Waals surface area contributed by atoms with Crippen LogP contribution in [-0.4, -0.2) is 15.5 Å². The van der Waals surface area contributed by atoms with Gasteiger partial charge in [-0.25, -0.2) is 4.98 Å². The normalized spacial score (nSPS) is 12.5. The number of carbonyl (C=O) groups is 1. The Morgan fingerprint density at radius 2 is 1.64 bits per heavy atom. The Balaban J connectivity index is 1.78. The Labute approximate surface area is 165 Å². The Morgan fingerprint density at radius 1 is 1.00 bits per heavy atom. The Bertz CT molecular complexity index is 1020. The van der Waals surface area contributed by atoms with Crippen molar-refractivity contribution in [3.63, 3.8) is 0 Å². The van der Waals surface area contributed by atoms with Crippen molar-refractivity contribution in [3.05, 3.63) is 76.3 Å². The average molecular weight is 377 g/mol. The summed E-state index contributed by atoms with van der Waals surface area (Å²) in [6.07, 6.45) is 1.44. The Hall–Kier alpha value is -2.95. The summed E-state index contributed by atoms with van der Waals surface area (Å²) in [4.78, 5) is 29.5. The van der Waals surface area contributed by atoms with Crippen molar-refractivity contribution in [1.29, 1.82) is 0 Å². The SMILES string of the molecule is CC(C)c1ccc(C(NC(=O)Cn2cnc3ccccc3c2=O)C(C)C)cc1. The van der Waals surface area contributed by atoms with Crippen LogP contribution in [0.5, 0.6) is 0 Å². The number of rotatable bonds is 6. The van der Waals surface area contributed by atoms with Crippen molar-refractivity contribution in [1.82, 2.24) is 14.9 Å². The lowest BCUT2D eigenvalue weighted by Crippen LogP contribution is -2.36. The summed E-state index contributed by atoms with van der Waals surface area (Å²) in [5, 5.41) is 3.59. The minimum absolute atomic E-state index is 0.0516. The van der Waals surface area contributed by atoms with Crippen molar-refractivity contribution >= 4 is 16.8 Å². The summed E-state index contributed by atoms with van der Waals surface area (Å²) >= 11 is 0. The minimum atomic E-state index is -0.205. The zero-order valence-electron chi connectivity index (χ0n) is 16.8. The van der Waals surface area contributed by atoms with E-state index in [4.69, 9.17) is 0 Å². The molecule has 1 amide bonds. The number of benzene rings is 2. The fourth-order valence-electron chi connectivity index (χ4n) is 3.32. The Kier molecular flexibility index (Phi) is 5.93. The van der Waals surface area contributed by atoms with Crippen molar-refractivity contribution in [2.75, 3.05) is 0 Å². The lowest BCUT2D eigenvalue weighted by atomic mass is 9.93. The number of fused-ring (bicyclic) bond motifs is 1. The molecule has 3 rings (SSSR count). The van der Waals surface area contributed by atoms with Crippen LogP contribution in [0, 0.1) is 5.92 Å². The highest BCUT2D eigenvalue weighted by molar-refractivity contribution is 5.79. The van der Waals surface area contributed by atoms with Crippen LogP contribution in [0.3, 0.4) is 0 Å². The number of hydrogen-bond acceptors (Lipinski definition) is 3. The van der Waals surface area contributed by atoms with Gasteiger partial charge in [-0.2, -0.15) is 0 Å². The highest BCUT2D eigenvalue weighted by atomic mass is 16.2. The van der Waals surface area contributed by atoms with Crippen molar-refractivity contribution in [2.45, 2.75) is 46.2 Å². The van der Waals surface area contributed by atoms with E-state index < -0.39 is 0 Å². The van der Waals surface area contributed by atoms with Crippen LogP contribution in [0.1, 0.15) is 50.8 Å². The van der Waals surface area contributed by atoms with E-state index in [1.165, 1.54) is 16.5 Å². The highest BCUT2D eigenvalue weighted by Gasteiger charge is 2.19. The number of carbonyl (C=O) groups excluding carboxylic acids is 1. The zero-order valence-corrected chi connectivity index (χ0v) is 16.8. The van der Waals surface area contributed by atoms with E-state index in [0.717, 1.165) is 5.56 Å². The van der Waals surface area contributed by atoms with Crippen LogP contribution < -0.4 is 10.9 Å². The molecule has 1 aromatic heterocycles. The van der Waals surface area contributed by atoms with Gasteiger partial charge in [-0.15, -0.1) is 0 Å². The van der Waals surface area contributed by atoms with Gasteiger partial charge < -0.3 is 5.32 Å². The highest BCUT2D eigenvalue weighted by Crippen LogP contribution is 2.24. The molecular formula is C23H27N3O2. The quantitative estimate of drug-likeness (QED) is 0.705. The van der Waals surface area contributed by atoms with Gasteiger partial charge in [0.1, 0.15) is 6.54 Å². The summed E-state index contributed by atoms with van der Waals surface area (Å²) in [6, 6.07) is 15.4. The summed E-state index contributed by atoms with van der Waals surface area (Å²) in [6.45, 7) is 8.41. The number of para-hydroxylation sites is 1. The number of aromatic nitrogens is 2. The van der Waals surface area contributed by atoms with Crippen LogP contribution in [-0.2, 0) is 11.3 Å². The Morgan fingerprint density at radius 3 is 2.29 bits per heavy atom. The topological polar surface area (TPSA) is 64.0 Å². The lowest BCUT2D eigenvalue weighted by Gasteiger charge is -2.23. The van der Waals surface area contributed by atoms with Crippen LogP contribution in [0.2, 0.25) is 0 Å². The molecule has 0 spiro atoms. The van der Waals surface area contributed by atoms with Gasteiger partial charge in [0.25, 0.3) is 5.56 Å². The molecule has 1 N–H and O–H groups in total. The van der Waals surface area contributed by atoms with E-state index in [-0.39, 0.29) is 30.0 Å². The lowest BCUT2D eigenvalue weighted by molar-refractivity contribution is -0.122. The molecule has 0 radical (unpaired) electrons. The number of hydrogen-bond donors (Lipinski definition) is 1. The fourth-order valence-corrected chi connectivity index (χ4v) is 3.32. The van der Waals surface area contributed by atoms with E-state index in [1.807, 2.05) is 6.07 Å². The van der Waals surface area contributed by atoms with Crippen molar-refractivity contribution in [2.24, 2.45) is 5.92 Å². The number of nitrogens with one attached hydrogen (secondary N) is 1. The molecule has 1 atom stereocenters. The van der Waals surface area contributed by atoms with Gasteiger partial charge >= 0.3 is 0 Å². The van der Waals surface area contributed by atoms with Gasteiger partial charge in [0.05, 0.1) is 23.3 Å². The van der Waals surface area contributed by atoms with Gasteiger partial charge in [-0.05, 0) is 35.1 Å². The fraction of sp³-hybridized carbons (Fsp3) is 0.348. The molecule has 5 nitrogen and oxygen atoms in total. The largest absolute Gasteiger partial charge is 0.347 e. The maximum atomic E-state index is 12.7. The third-order valence-corrected chi connectivity index (χ3v) is 4.99. The van der Waals surface area contributed by atoms with E-state index in [2.05, 4.69) is 62.3 Å². The van der Waals surface area contributed by atoms with E-state index in [1.54, 1.807) is 18.2 Å². The van der Waals surface area contributed by atoms with Crippen molar-refractivity contribution in [3.8, 4) is 0 Å². The predicted molar refractivity (Wildman–Crippen MR) is 112 cm³/mol. The molecule has 0 fully saturated rings. The first-order valence-corrected chi connectivity index (χ1v) is 9.70. The zero-order chi connectivity index (χ0) is 20.3. The molecule has 0 saturated heterocycles. The average Bonchev–Trinajstić information content (AvgIpc) is 2.68. The molecule has 2 aromatic carbocycles. The summed E-state index contributed by atoms with van der Waals surface area (Å²) < 4.78 is 1.36. The summed E-state index contributed by atoms with van der Waals surface area (Å²) in [5.41, 5.74) is 2.76. The predicted octanol–water partition coefficient (Wildman–Crippen LogP) is 4.03. The molecule has 0 saturated carbocycles. The van der Waals surface area contributed by atoms with Gasteiger partial charge in [0.2, 0.25) is 5.91 Å². The molecule has 0 aliphatic rings. The number of nitrogens with zero attached hydrogens (tertiary/aromatic N) is 2. The molecular weight excluding hydrogens is 350 g/mol. The third kappa shape index (κ3) is 4.30.